The number of esters is 1. The molecule has 18 nitrogen and oxygen atoms in total. The third kappa shape index (κ3) is 11.5. The highest BCUT2D eigenvalue weighted by Gasteiger charge is 2.51. The molecule has 3 aliphatic heterocycles. The number of hydrogen-bond donors (Lipinski definition) is 5. The number of carbonyl (C=O) groups is 1. The van der Waals surface area contributed by atoms with E-state index in [1.54, 1.807) is 54.5 Å². The van der Waals surface area contributed by atoms with Gasteiger partial charge in [0.1, 0.15) is 41.9 Å². The quantitative estimate of drug-likeness (QED) is 0.150. The van der Waals surface area contributed by atoms with Crippen LogP contribution in [0.25, 0.3) is 11.0 Å². The van der Waals surface area contributed by atoms with Crippen molar-refractivity contribution in [1.82, 2.24) is 4.90 Å². The average Bonchev–Trinajstić information content (AvgIpc) is 3.25. The minimum atomic E-state index is -2.05. The number of hydrogen-bond acceptors (Lipinski definition) is 18. The number of nitrogens with zero attached hydrogens (tertiary/aromatic N) is 1. The molecule has 2 unspecified atom stereocenters. The number of rotatable bonds is 12. The van der Waals surface area contributed by atoms with E-state index in [4.69, 9.17) is 47.0 Å². The van der Waals surface area contributed by atoms with Crippen molar-refractivity contribution >= 4 is 16.9 Å². The minimum Gasteiger partial charge on any atom is -0.493 e. The highest BCUT2D eigenvalue weighted by molar-refractivity contribution is 5.84. The van der Waals surface area contributed by atoms with Gasteiger partial charge >= 0.3 is 11.6 Å². The van der Waals surface area contributed by atoms with E-state index in [0.29, 0.717) is 34.4 Å². The number of benzene rings is 1. The Morgan fingerprint density at radius 2 is 1.52 bits per heavy atom. The lowest BCUT2D eigenvalue weighted by atomic mass is 9.79. The van der Waals surface area contributed by atoms with Gasteiger partial charge in [0.25, 0.3) is 0 Å². The van der Waals surface area contributed by atoms with Gasteiger partial charge in [0, 0.05) is 61.4 Å². The number of cyclic esters (lactones) is 1. The van der Waals surface area contributed by atoms with Crippen LogP contribution in [0, 0.1) is 11.8 Å². The van der Waals surface area contributed by atoms with E-state index in [0.717, 1.165) is 0 Å². The number of likely N-dealkylation sites (N-methyl/N-ethyl adjacent to an activating group) is 1. The summed E-state index contributed by atoms with van der Waals surface area (Å²) < 4.78 is 60.6. The molecule has 1 aromatic carbocycles. The Kier molecular flexibility index (Phi) is 17.4. The molecule has 0 radical (unpaired) electrons. The van der Waals surface area contributed by atoms with Crippen molar-refractivity contribution in [3.05, 3.63) is 45.5 Å². The maximum atomic E-state index is 14.4. The molecule has 0 bridgehead atoms. The zero-order chi connectivity index (χ0) is 49.2. The van der Waals surface area contributed by atoms with E-state index in [1.165, 1.54) is 40.4 Å². The zero-order valence-corrected chi connectivity index (χ0v) is 41.1. The Balaban J connectivity index is 1.65. The topological polar surface area (TPSA) is 235 Å². The van der Waals surface area contributed by atoms with Crippen LogP contribution in [0.1, 0.15) is 100.0 Å². The van der Waals surface area contributed by atoms with Crippen molar-refractivity contribution in [2.24, 2.45) is 11.8 Å². The molecule has 0 amide bonds. The first-order valence-corrected chi connectivity index (χ1v) is 22.9. The van der Waals surface area contributed by atoms with E-state index < -0.39 is 95.5 Å². The van der Waals surface area contributed by atoms with Crippen LogP contribution < -0.4 is 15.1 Å². The Morgan fingerprint density at radius 3 is 2.12 bits per heavy atom. The second kappa shape index (κ2) is 21.5. The summed E-state index contributed by atoms with van der Waals surface area (Å²) in [6, 6.07) is 4.10. The molecule has 18 heteroatoms. The minimum absolute atomic E-state index is 0.0690. The maximum absolute atomic E-state index is 14.4. The molecular formula is C48H75NO17. The molecule has 2 aromatic rings. The van der Waals surface area contributed by atoms with Crippen molar-refractivity contribution in [3.63, 3.8) is 0 Å². The second-order valence-corrected chi connectivity index (χ2v) is 19.4. The van der Waals surface area contributed by atoms with Gasteiger partial charge in [0.15, 0.2) is 24.1 Å². The van der Waals surface area contributed by atoms with Crippen molar-refractivity contribution in [2.75, 3.05) is 35.4 Å². The lowest BCUT2D eigenvalue weighted by Crippen LogP contribution is -2.58. The highest BCUT2D eigenvalue weighted by Crippen LogP contribution is 2.41. The van der Waals surface area contributed by atoms with Crippen LogP contribution in [-0.4, -0.2) is 156 Å². The fourth-order valence-corrected chi connectivity index (χ4v) is 9.72. The van der Waals surface area contributed by atoms with Crippen LogP contribution >= 0.6 is 0 Å². The lowest BCUT2D eigenvalue weighted by molar-refractivity contribution is -0.307. The molecule has 0 spiro atoms. The summed E-state index contributed by atoms with van der Waals surface area (Å²) in [5.41, 5.74) is -4.59. The summed E-state index contributed by atoms with van der Waals surface area (Å²) in [6.45, 7) is 14.6. The van der Waals surface area contributed by atoms with E-state index in [9.17, 15) is 35.1 Å². The predicted molar refractivity (Wildman–Crippen MR) is 241 cm³/mol. The summed E-state index contributed by atoms with van der Waals surface area (Å²) in [7, 11) is 8.11. The fraction of sp³-hybridized carbons (Fsp3) is 0.750. The van der Waals surface area contributed by atoms with Crippen LogP contribution in [0.5, 0.6) is 11.5 Å². The number of methoxy groups -OCH3 is 3. The van der Waals surface area contributed by atoms with Crippen LogP contribution in [0.15, 0.2) is 38.7 Å². The van der Waals surface area contributed by atoms with E-state index in [2.05, 4.69) is 0 Å². The summed E-state index contributed by atoms with van der Waals surface area (Å²) in [4.78, 5) is 29.2. The SMILES string of the molecule is CC[C@H]1OC(=O)[C@H](C)[C@@H](OC2C[C@@](C)(OC)[C@@H](O)[C@H](C)O2)C[C@@H](OC2O[C@H](C)C[C@H](N(C)C)[C@H]2O)[C@](C)(O)C/C(C)=C(/OCc2cc(=O)oc3cc(OC)c(OC)cc23)[C@H](C)[C@@H](O)[C@]1(C)O. The number of fused-ring (bicyclic) bond motifs is 1. The lowest BCUT2D eigenvalue weighted by Gasteiger charge is -2.47. The van der Waals surface area contributed by atoms with Gasteiger partial charge in [-0.25, -0.2) is 4.79 Å². The zero-order valence-electron chi connectivity index (χ0n) is 41.1. The van der Waals surface area contributed by atoms with Crippen molar-refractivity contribution in [2.45, 2.75) is 185 Å². The second-order valence-electron chi connectivity index (χ2n) is 19.4. The van der Waals surface area contributed by atoms with Crippen LogP contribution in [0.4, 0.5) is 0 Å². The van der Waals surface area contributed by atoms with E-state index in [-0.39, 0.29) is 55.8 Å². The van der Waals surface area contributed by atoms with Gasteiger partial charge in [0.05, 0.1) is 61.9 Å². The Labute approximate surface area is 388 Å². The molecule has 5 rings (SSSR count). The molecule has 0 saturated carbocycles. The standard InChI is InChI=1S/C48H75NO17/c1-15-36-48(9,56)42(52)27(5)41(60-23-29-17-38(50)63-33-19-35(58-13)34(57-12)18-30(29)33)24(2)21-46(7,55)37(66-45-40(51)31(49(10)11)16-25(3)61-45)20-32(26(4)44(54)65-36)64-39-22-47(8,59-14)43(53)28(6)62-39/h17-19,25-28,31-32,36-37,39-40,42-43,45,51-53,55-56H,15-16,20-23H2,1-14H3/b41-24+/t25-,26-,27+,28+,31+,32+,36-,37-,39?,40-,42-,43+,45?,46-,47-,48-/m1/s1. The first-order valence-electron chi connectivity index (χ1n) is 22.9. The van der Waals surface area contributed by atoms with Gasteiger partial charge in [-0.1, -0.05) is 13.8 Å². The first kappa shape index (κ1) is 53.6. The fourth-order valence-electron chi connectivity index (χ4n) is 9.72. The molecule has 3 aliphatic rings. The number of aliphatic hydroxyl groups excluding tert-OH is 3. The van der Waals surface area contributed by atoms with Crippen LogP contribution in [0.3, 0.4) is 0 Å². The third-order valence-corrected chi connectivity index (χ3v) is 14.0. The first-order chi connectivity index (χ1) is 30.8. The van der Waals surface area contributed by atoms with Crippen molar-refractivity contribution < 1.29 is 77.4 Å². The average molecular weight is 938 g/mol. The number of aliphatic hydroxyl groups is 5. The smallest absolute Gasteiger partial charge is 0.336 e. The van der Waals surface area contributed by atoms with Gasteiger partial charge in [-0.2, -0.15) is 0 Å². The van der Waals surface area contributed by atoms with E-state index >= 15 is 0 Å². The molecule has 0 aliphatic carbocycles. The normalized spacial score (nSPS) is 39.9. The van der Waals surface area contributed by atoms with Crippen molar-refractivity contribution in [1.29, 1.82) is 0 Å². The molecule has 2 fully saturated rings. The number of ether oxygens (including phenoxy) is 9. The summed E-state index contributed by atoms with van der Waals surface area (Å²) in [5.74, 6) is -1.98. The Morgan fingerprint density at radius 1 is 0.864 bits per heavy atom. The molecule has 2 saturated heterocycles. The van der Waals surface area contributed by atoms with Crippen LogP contribution in [-0.2, 0) is 44.6 Å². The largest absolute Gasteiger partial charge is 0.493 e. The summed E-state index contributed by atoms with van der Waals surface area (Å²) >= 11 is 0. The Bertz CT molecular complexity index is 2050. The van der Waals surface area contributed by atoms with Gasteiger partial charge in [0.2, 0.25) is 0 Å². The predicted octanol–water partition coefficient (Wildman–Crippen LogP) is 3.95. The monoisotopic (exact) mass is 938 g/mol. The highest BCUT2D eigenvalue weighted by atomic mass is 16.7. The van der Waals surface area contributed by atoms with Gasteiger partial charge in [-0.05, 0) is 87.0 Å². The molecular weight excluding hydrogens is 863 g/mol. The third-order valence-electron chi connectivity index (χ3n) is 14.0. The van der Waals surface area contributed by atoms with Gasteiger partial charge in [-0.3, -0.25) is 4.79 Å². The van der Waals surface area contributed by atoms with Gasteiger partial charge < -0.3 is 77.5 Å². The Hall–Kier alpha value is -3.40. The van der Waals surface area contributed by atoms with Gasteiger partial charge in [-0.15, -0.1) is 0 Å². The van der Waals surface area contributed by atoms with E-state index in [1.807, 2.05) is 25.9 Å². The molecule has 4 heterocycles. The summed E-state index contributed by atoms with van der Waals surface area (Å²) in [5, 5.41) is 60.4. The molecule has 1 aromatic heterocycles. The molecule has 16 atom stereocenters. The molecule has 374 valence electrons. The molecule has 5 N–H and O–H groups in total. The summed E-state index contributed by atoms with van der Waals surface area (Å²) in [6.07, 6.45) is -10.3. The van der Waals surface area contributed by atoms with Crippen molar-refractivity contribution in [3.8, 4) is 11.5 Å². The maximum Gasteiger partial charge on any atom is 0.336 e. The number of carbonyl (C=O) groups excluding carboxylic acids is 1. The van der Waals surface area contributed by atoms with Crippen LogP contribution in [0.2, 0.25) is 0 Å². The molecule has 66 heavy (non-hydrogen) atoms.